The molecule has 1 unspecified atom stereocenters. The molecule has 1 aromatic heterocycles. The molecule has 0 aliphatic heterocycles. The lowest BCUT2D eigenvalue weighted by molar-refractivity contribution is 0.312. The maximum Gasteiger partial charge on any atom is 0.134 e. The molecular weight excluding hydrogens is 248 g/mol. The summed E-state index contributed by atoms with van der Waals surface area (Å²) in [5.74, 6) is 3.15. The van der Waals surface area contributed by atoms with Gasteiger partial charge in [0.25, 0.3) is 0 Å². The third-order valence-corrected chi connectivity index (χ3v) is 4.53. The molecule has 20 heavy (non-hydrogen) atoms. The highest BCUT2D eigenvalue weighted by atomic mass is 15.1. The van der Waals surface area contributed by atoms with E-state index in [1.165, 1.54) is 32.1 Å². The van der Waals surface area contributed by atoms with Crippen LogP contribution in [0.3, 0.4) is 0 Å². The Morgan fingerprint density at radius 2 is 1.90 bits per heavy atom. The largest absolute Gasteiger partial charge is 0.383 e. The molecule has 1 fully saturated rings. The lowest BCUT2D eigenvalue weighted by Crippen LogP contribution is -2.31. The highest BCUT2D eigenvalue weighted by Crippen LogP contribution is 2.30. The van der Waals surface area contributed by atoms with E-state index in [-0.39, 0.29) is 0 Å². The Morgan fingerprint density at radius 3 is 2.50 bits per heavy atom. The van der Waals surface area contributed by atoms with Gasteiger partial charge in [0.1, 0.15) is 17.5 Å². The summed E-state index contributed by atoms with van der Waals surface area (Å²) in [6.45, 7) is 6.32. The fourth-order valence-electron chi connectivity index (χ4n) is 3.15. The second kappa shape index (κ2) is 6.91. The lowest BCUT2D eigenvalue weighted by Gasteiger charge is -2.31. The van der Waals surface area contributed by atoms with Crippen molar-refractivity contribution in [2.24, 2.45) is 5.92 Å². The highest BCUT2D eigenvalue weighted by Gasteiger charge is 2.23. The van der Waals surface area contributed by atoms with E-state index in [1.807, 2.05) is 6.92 Å². The average molecular weight is 276 g/mol. The SMILES string of the molecule is CCc1nc(N)c(C)c(NC(CC)C2CCCCC2)n1. The number of aryl methyl sites for hydroxylation is 1. The molecule has 4 nitrogen and oxygen atoms in total. The summed E-state index contributed by atoms with van der Waals surface area (Å²) in [6.07, 6.45) is 8.76. The Labute approximate surface area is 122 Å². The second-order valence-electron chi connectivity index (χ2n) is 5.91. The second-order valence-corrected chi connectivity index (χ2v) is 5.91. The molecule has 1 atom stereocenters. The predicted molar refractivity (Wildman–Crippen MR) is 84.8 cm³/mol. The van der Waals surface area contributed by atoms with E-state index in [4.69, 9.17) is 5.73 Å². The monoisotopic (exact) mass is 276 g/mol. The Hall–Kier alpha value is -1.32. The number of hydrogen-bond donors (Lipinski definition) is 2. The van der Waals surface area contributed by atoms with Crippen LogP contribution in [0.4, 0.5) is 11.6 Å². The summed E-state index contributed by atoms with van der Waals surface area (Å²) in [5.41, 5.74) is 6.98. The first-order chi connectivity index (χ1) is 9.65. The van der Waals surface area contributed by atoms with Crippen molar-refractivity contribution in [3.8, 4) is 0 Å². The summed E-state index contributed by atoms with van der Waals surface area (Å²) in [5, 5.41) is 3.65. The fraction of sp³-hybridized carbons (Fsp3) is 0.750. The van der Waals surface area contributed by atoms with Crippen LogP contribution in [0.1, 0.15) is 63.8 Å². The molecule has 1 heterocycles. The first-order valence-corrected chi connectivity index (χ1v) is 8.05. The quantitative estimate of drug-likeness (QED) is 0.860. The number of nitrogens with zero attached hydrogens (tertiary/aromatic N) is 2. The van der Waals surface area contributed by atoms with Crippen molar-refractivity contribution in [3.05, 3.63) is 11.4 Å². The number of nitrogen functional groups attached to an aromatic ring is 1. The van der Waals surface area contributed by atoms with Gasteiger partial charge in [-0.3, -0.25) is 0 Å². The van der Waals surface area contributed by atoms with Gasteiger partial charge in [0.2, 0.25) is 0 Å². The molecule has 0 bridgehead atoms. The van der Waals surface area contributed by atoms with Gasteiger partial charge in [-0.2, -0.15) is 0 Å². The third kappa shape index (κ3) is 3.41. The van der Waals surface area contributed by atoms with Crippen molar-refractivity contribution >= 4 is 11.6 Å². The maximum absolute atomic E-state index is 6.00. The van der Waals surface area contributed by atoms with Crippen molar-refractivity contribution in [2.45, 2.75) is 71.8 Å². The molecule has 0 spiro atoms. The van der Waals surface area contributed by atoms with Crippen molar-refractivity contribution in [1.29, 1.82) is 0 Å². The molecule has 112 valence electrons. The highest BCUT2D eigenvalue weighted by molar-refractivity contribution is 5.55. The third-order valence-electron chi connectivity index (χ3n) is 4.53. The van der Waals surface area contributed by atoms with Crippen LogP contribution in [0.2, 0.25) is 0 Å². The number of aromatic nitrogens is 2. The van der Waals surface area contributed by atoms with Gasteiger partial charge in [0.05, 0.1) is 0 Å². The van der Waals surface area contributed by atoms with E-state index < -0.39 is 0 Å². The number of hydrogen-bond acceptors (Lipinski definition) is 4. The van der Waals surface area contributed by atoms with Crippen LogP contribution in [-0.2, 0) is 6.42 Å². The molecule has 0 radical (unpaired) electrons. The smallest absolute Gasteiger partial charge is 0.134 e. The molecule has 1 aliphatic carbocycles. The lowest BCUT2D eigenvalue weighted by atomic mass is 9.83. The van der Waals surface area contributed by atoms with Crippen LogP contribution in [0.25, 0.3) is 0 Å². The van der Waals surface area contributed by atoms with Crippen LogP contribution >= 0.6 is 0 Å². The zero-order valence-corrected chi connectivity index (χ0v) is 13.1. The van der Waals surface area contributed by atoms with Crippen LogP contribution < -0.4 is 11.1 Å². The zero-order chi connectivity index (χ0) is 14.5. The predicted octanol–water partition coefficient (Wildman–Crippen LogP) is 3.70. The van der Waals surface area contributed by atoms with Gasteiger partial charge in [-0.15, -0.1) is 0 Å². The number of anilines is 2. The Morgan fingerprint density at radius 1 is 1.20 bits per heavy atom. The minimum Gasteiger partial charge on any atom is -0.383 e. The van der Waals surface area contributed by atoms with E-state index in [0.717, 1.165) is 36.0 Å². The van der Waals surface area contributed by atoms with Crippen molar-refractivity contribution in [2.75, 3.05) is 11.1 Å². The first-order valence-electron chi connectivity index (χ1n) is 8.05. The van der Waals surface area contributed by atoms with Gasteiger partial charge >= 0.3 is 0 Å². The standard InChI is InChI=1S/C16H28N4/c1-4-13(12-9-7-6-8-10-12)18-16-11(3)15(17)19-14(5-2)20-16/h12-13H,4-10H2,1-3H3,(H3,17,18,19,20). The van der Waals surface area contributed by atoms with E-state index in [1.54, 1.807) is 0 Å². The van der Waals surface area contributed by atoms with Crippen molar-refractivity contribution < 1.29 is 0 Å². The zero-order valence-electron chi connectivity index (χ0n) is 13.1. The van der Waals surface area contributed by atoms with Crippen molar-refractivity contribution in [1.82, 2.24) is 9.97 Å². The van der Waals surface area contributed by atoms with Crippen LogP contribution in [0, 0.1) is 12.8 Å². The summed E-state index contributed by atoms with van der Waals surface area (Å²) in [7, 11) is 0. The average Bonchev–Trinajstić information content (AvgIpc) is 2.49. The summed E-state index contributed by atoms with van der Waals surface area (Å²) in [6, 6.07) is 0.507. The molecule has 0 amide bonds. The van der Waals surface area contributed by atoms with E-state index in [2.05, 4.69) is 29.1 Å². The number of nitrogens with one attached hydrogen (secondary N) is 1. The molecule has 1 aromatic rings. The molecule has 0 aromatic carbocycles. The molecule has 0 saturated heterocycles. The minimum atomic E-state index is 0.507. The van der Waals surface area contributed by atoms with Crippen LogP contribution in [-0.4, -0.2) is 16.0 Å². The van der Waals surface area contributed by atoms with Gasteiger partial charge in [-0.05, 0) is 32.1 Å². The topological polar surface area (TPSA) is 63.8 Å². The van der Waals surface area contributed by atoms with E-state index >= 15 is 0 Å². The summed E-state index contributed by atoms with van der Waals surface area (Å²) < 4.78 is 0. The minimum absolute atomic E-state index is 0.507. The van der Waals surface area contributed by atoms with Gasteiger partial charge < -0.3 is 11.1 Å². The maximum atomic E-state index is 6.00. The van der Waals surface area contributed by atoms with Crippen LogP contribution in [0.5, 0.6) is 0 Å². The molecule has 3 N–H and O–H groups in total. The van der Waals surface area contributed by atoms with Gasteiger partial charge in [-0.25, -0.2) is 9.97 Å². The Kier molecular flexibility index (Phi) is 5.21. The first kappa shape index (κ1) is 15.1. The molecule has 1 aliphatic rings. The van der Waals surface area contributed by atoms with Gasteiger partial charge in [-0.1, -0.05) is 33.1 Å². The Bertz CT molecular complexity index is 438. The van der Waals surface area contributed by atoms with E-state index in [0.29, 0.717) is 11.9 Å². The number of rotatable bonds is 5. The summed E-state index contributed by atoms with van der Waals surface area (Å²) >= 11 is 0. The molecule has 4 heteroatoms. The molecular formula is C16H28N4. The van der Waals surface area contributed by atoms with Gasteiger partial charge in [0.15, 0.2) is 0 Å². The van der Waals surface area contributed by atoms with E-state index in [9.17, 15) is 0 Å². The summed E-state index contributed by atoms with van der Waals surface area (Å²) in [4.78, 5) is 8.96. The molecule has 2 rings (SSSR count). The fourth-order valence-corrected chi connectivity index (χ4v) is 3.15. The van der Waals surface area contributed by atoms with Crippen molar-refractivity contribution in [3.63, 3.8) is 0 Å². The van der Waals surface area contributed by atoms with Gasteiger partial charge in [0, 0.05) is 18.0 Å². The van der Waals surface area contributed by atoms with Crippen LogP contribution in [0.15, 0.2) is 0 Å². The number of nitrogens with two attached hydrogens (primary N) is 1. The Balaban J connectivity index is 2.15. The normalized spacial score (nSPS) is 17.9. The molecule has 1 saturated carbocycles.